The predicted octanol–water partition coefficient (Wildman–Crippen LogP) is 5.17. The first kappa shape index (κ1) is 24.3. The zero-order chi connectivity index (χ0) is 24.6. The number of aryl methyl sites for hydroxylation is 4. The van der Waals surface area contributed by atoms with Crippen LogP contribution in [-0.2, 0) is 17.8 Å². The molecule has 0 saturated heterocycles. The van der Waals surface area contributed by atoms with Crippen LogP contribution in [0.1, 0.15) is 28.9 Å². The predicted molar refractivity (Wildman–Crippen MR) is 139 cm³/mol. The summed E-state index contributed by atoms with van der Waals surface area (Å²) in [6, 6.07) is 22.2. The standard InChI is InChI=1S/C29H33N3O3/c1-21-10-13-24(14-11-21)34-18-6-17-32-26-8-5-4-7-25(26)31-28(32)15-16-30-29(33)20-35-27-19-22(2)9-12-23(27)3/h4-5,7-14,19H,6,15-18,20H2,1-3H3,(H,30,33). The maximum atomic E-state index is 12.3. The molecule has 0 fully saturated rings. The zero-order valence-corrected chi connectivity index (χ0v) is 20.7. The Labute approximate surface area is 206 Å². The zero-order valence-electron chi connectivity index (χ0n) is 20.7. The molecule has 1 amide bonds. The molecular formula is C29H33N3O3. The number of carbonyl (C=O) groups excluding carboxylic acids is 1. The van der Waals surface area contributed by atoms with Gasteiger partial charge in [-0.2, -0.15) is 0 Å². The van der Waals surface area contributed by atoms with Gasteiger partial charge in [0.25, 0.3) is 5.91 Å². The Morgan fingerprint density at radius 1 is 0.943 bits per heavy atom. The Bertz CT molecular complexity index is 1280. The lowest BCUT2D eigenvalue weighted by Crippen LogP contribution is -2.31. The molecule has 0 saturated carbocycles. The number of hydrogen-bond donors (Lipinski definition) is 1. The fraction of sp³-hybridized carbons (Fsp3) is 0.310. The molecule has 3 aromatic carbocycles. The van der Waals surface area contributed by atoms with Gasteiger partial charge in [-0.1, -0.05) is 42.0 Å². The van der Waals surface area contributed by atoms with E-state index in [9.17, 15) is 4.79 Å². The molecule has 6 nitrogen and oxygen atoms in total. The topological polar surface area (TPSA) is 65.4 Å². The minimum Gasteiger partial charge on any atom is -0.494 e. The third-order valence-corrected chi connectivity index (χ3v) is 5.92. The second-order valence-corrected chi connectivity index (χ2v) is 8.84. The third kappa shape index (κ3) is 6.63. The minimum atomic E-state index is -0.139. The summed E-state index contributed by atoms with van der Waals surface area (Å²) >= 11 is 0. The molecule has 0 aliphatic rings. The summed E-state index contributed by atoms with van der Waals surface area (Å²) < 4.78 is 13.8. The molecule has 35 heavy (non-hydrogen) atoms. The van der Waals surface area contributed by atoms with Crippen molar-refractivity contribution in [3.05, 3.63) is 89.2 Å². The lowest BCUT2D eigenvalue weighted by Gasteiger charge is -2.12. The van der Waals surface area contributed by atoms with Crippen LogP contribution in [0, 0.1) is 20.8 Å². The summed E-state index contributed by atoms with van der Waals surface area (Å²) in [5.41, 5.74) is 5.41. The summed E-state index contributed by atoms with van der Waals surface area (Å²) in [6.07, 6.45) is 1.50. The molecule has 0 unspecified atom stereocenters. The van der Waals surface area contributed by atoms with Crippen molar-refractivity contribution in [3.63, 3.8) is 0 Å². The number of ether oxygens (including phenoxy) is 2. The average molecular weight is 472 g/mol. The molecule has 6 heteroatoms. The van der Waals surface area contributed by atoms with Gasteiger partial charge in [-0.05, 0) is 68.7 Å². The van der Waals surface area contributed by atoms with Crippen LogP contribution in [0.5, 0.6) is 11.5 Å². The lowest BCUT2D eigenvalue weighted by atomic mass is 10.1. The number of benzene rings is 3. The number of rotatable bonds is 11. The number of carbonyl (C=O) groups is 1. The highest BCUT2D eigenvalue weighted by Crippen LogP contribution is 2.19. The number of hydrogen-bond acceptors (Lipinski definition) is 4. The second kappa shape index (κ2) is 11.6. The smallest absolute Gasteiger partial charge is 0.257 e. The van der Waals surface area contributed by atoms with Crippen molar-refractivity contribution in [1.29, 1.82) is 0 Å². The van der Waals surface area contributed by atoms with Crippen molar-refractivity contribution in [3.8, 4) is 11.5 Å². The number of fused-ring (bicyclic) bond motifs is 1. The highest BCUT2D eigenvalue weighted by atomic mass is 16.5. The number of imidazole rings is 1. The number of aromatic nitrogens is 2. The molecular weight excluding hydrogens is 438 g/mol. The molecule has 0 aliphatic heterocycles. The first-order chi connectivity index (χ1) is 17.0. The number of nitrogens with one attached hydrogen (secondary N) is 1. The SMILES string of the molecule is Cc1ccc(OCCCn2c(CCNC(=O)COc3cc(C)ccc3C)nc3ccccc32)cc1. The van der Waals surface area contributed by atoms with E-state index in [0.717, 1.165) is 52.4 Å². The van der Waals surface area contributed by atoms with Crippen LogP contribution in [0.15, 0.2) is 66.7 Å². The first-order valence-electron chi connectivity index (χ1n) is 12.1. The van der Waals surface area contributed by atoms with Crippen molar-refractivity contribution >= 4 is 16.9 Å². The molecule has 0 atom stereocenters. The molecule has 182 valence electrons. The van der Waals surface area contributed by atoms with E-state index in [2.05, 4.69) is 35.0 Å². The quantitative estimate of drug-likeness (QED) is 0.307. The van der Waals surface area contributed by atoms with E-state index >= 15 is 0 Å². The summed E-state index contributed by atoms with van der Waals surface area (Å²) in [5.74, 6) is 2.45. The van der Waals surface area contributed by atoms with E-state index in [1.54, 1.807) is 0 Å². The van der Waals surface area contributed by atoms with Crippen LogP contribution in [0.4, 0.5) is 0 Å². The van der Waals surface area contributed by atoms with Gasteiger partial charge in [0.1, 0.15) is 17.3 Å². The second-order valence-electron chi connectivity index (χ2n) is 8.84. The van der Waals surface area contributed by atoms with Gasteiger partial charge in [0.05, 0.1) is 17.6 Å². The van der Waals surface area contributed by atoms with Gasteiger partial charge in [-0.25, -0.2) is 4.98 Å². The van der Waals surface area contributed by atoms with E-state index in [1.807, 2.05) is 62.4 Å². The van der Waals surface area contributed by atoms with Crippen LogP contribution >= 0.6 is 0 Å². The summed E-state index contributed by atoms with van der Waals surface area (Å²) in [7, 11) is 0. The van der Waals surface area contributed by atoms with Gasteiger partial charge in [-0.3, -0.25) is 4.79 Å². The van der Waals surface area contributed by atoms with Crippen LogP contribution in [0.2, 0.25) is 0 Å². The Morgan fingerprint density at radius 3 is 2.54 bits per heavy atom. The molecule has 0 bridgehead atoms. The largest absolute Gasteiger partial charge is 0.494 e. The lowest BCUT2D eigenvalue weighted by molar-refractivity contribution is -0.123. The Balaban J connectivity index is 1.30. The summed E-state index contributed by atoms with van der Waals surface area (Å²) in [6.45, 7) is 7.97. The van der Waals surface area contributed by atoms with Crippen molar-refractivity contribution in [2.45, 2.75) is 40.2 Å². The molecule has 4 aromatic rings. The summed E-state index contributed by atoms with van der Waals surface area (Å²) in [4.78, 5) is 17.2. The molecule has 0 aliphatic carbocycles. The van der Waals surface area contributed by atoms with E-state index in [4.69, 9.17) is 14.5 Å². The molecule has 1 heterocycles. The van der Waals surface area contributed by atoms with Gasteiger partial charge < -0.3 is 19.4 Å². The maximum absolute atomic E-state index is 12.3. The highest BCUT2D eigenvalue weighted by Gasteiger charge is 2.11. The van der Waals surface area contributed by atoms with Crippen molar-refractivity contribution in [1.82, 2.24) is 14.9 Å². The molecule has 0 spiro atoms. The fourth-order valence-electron chi connectivity index (χ4n) is 3.98. The van der Waals surface area contributed by atoms with Crippen LogP contribution in [0.3, 0.4) is 0 Å². The average Bonchev–Trinajstić information content (AvgIpc) is 3.21. The molecule has 0 radical (unpaired) electrons. The molecule has 1 N–H and O–H groups in total. The van der Waals surface area contributed by atoms with Gasteiger partial charge in [0.2, 0.25) is 0 Å². The van der Waals surface area contributed by atoms with Crippen LogP contribution < -0.4 is 14.8 Å². The molecule has 1 aromatic heterocycles. The fourth-order valence-corrected chi connectivity index (χ4v) is 3.98. The van der Waals surface area contributed by atoms with E-state index in [-0.39, 0.29) is 12.5 Å². The number of amides is 1. The Hall–Kier alpha value is -3.80. The van der Waals surface area contributed by atoms with Crippen molar-refractivity contribution in [2.75, 3.05) is 19.8 Å². The van der Waals surface area contributed by atoms with E-state index < -0.39 is 0 Å². The summed E-state index contributed by atoms with van der Waals surface area (Å²) in [5, 5.41) is 2.96. The van der Waals surface area contributed by atoms with Gasteiger partial charge in [-0.15, -0.1) is 0 Å². The number of nitrogens with zero attached hydrogens (tertiary/aromatic N) is 2. The number of para-hydroxylation sites is 2. The third-order valence-electron chi connectivity index (χ3n) is 5.92. The highest BCUT2D eigenvalue weighted by molar-refractivity contribution is 5.78. The van der Waals surface area contributed by atoms with Gasteiger partial charge in [0.15, 0.2) is 6.61 Å². The maximum Gasteiger partial charge on any atom is 0.257 e. The van der Waals surface area contributed by atoms with Crippen LogP contribution in [0.25, 0.3) is 11.0 Å². The monoisotopic (exact) mass is 471 g/mol. The normalized spacial score (nSPS) is 10.9. The molecule has 4 rings (SSSR count). The van der Waals surface area contributed by atoms with Gasteiger partial charge in [0, 0.05) is 19.5 Å². The van der Waals surface area contributed by atoms with Crippen LogP contribution in [-0.4, -0.2) is 35.2 Å². The first-order valence-corrected chi connectivity index (χ1v) is 12.1. The Kier molecular flexibility index (Phi) is 8.03. The Morgan fingerprint density at radius 2 is 1.71 bits per heavy atom. The van der Waals surface area contributed by atoms with Crippen molar-refractivity contribution < 1.29 is 14.3 Å². The van der Waals surface area contributed by atoms with E-state index in [0.29, 0.717) is 19.6 Å². The minimum absolute atomic E-state index is 0.00292. The van der Waals surface area contributed by atoms with Gasteiger partial charge >= 0.3 is 0 Å². The van der Waals surface area contributed by atoms with E-state index in [1.165, 1.54) is 5.56 Å². The van der Waals surface area contributed by atoms with Crippen molar-refractivity contribution in [2.24, 2.45) is 0 Å².